The van der Waals surface area contributed by atoms with Crippen LogP contribution in [0.2, 0.25) is 0 Å². The minimum absolute atomic E-state index is 0.294. The van der Waals surface area contributed by atoms with Gasteiger partial charge in [0.1, 0.15) is 0 Å². The number of nitrogens with one attached hydrogen (secondary N) is 2. The fraction of sp³-hybridized carbons (Fsp3) is 0.480. The summed E-state index contributed by atoms with van der Waals surface area (Å²) in [6.45, 7) is 7.70. The van der Waals surface area contributed by atoms with Gasteiger partial charge in [-0.3, -0.25) is 4.79 Å². The van der Waals surface area contributed by atoms with E-state index >= 15 is 0 Å². The predicted molar refractivity (Wildman–Crippen MR) is 132 cm³/mol. The summed E-state index contributed by atoms with van der Waals surface area (Å²) in [7, 11) is 4.73. The van der Waals surface area contributed by atoms with Gasteiger partial charge in [-0.2, -0.15) is 0 Å². The van der Waals surface area contributed by atoms with Crippen LogP contribution in [0.4, 0.5) is 17.1 Å². The molecule has 1 amide bonds. The van der Waals surface area contributed by atoms with Crippen molar-refractivity contribution in [3.8, 4) is 17.2 Å². The molecule has 0 spiro atoms. The van der Waals surface area contributed by atoms with Gasteiger partial charge in [0.25, 0.3) is 5.91 Å². The Morgan fingerprint density at radius 1 is 1.03 bits per heavy atom. The van der Waals surface area contributed by atoms with Crippen LogP contribution in [0.25, 0.3) is 0 Å². The number of hydrogen-bond acceptors (Lipinski definition) is 7. The topological polar surface area (TPSA) is 98.1 Å². The summed E-state index contributed by atoms with van der Waals surface area (Å²) in [5.41, 5.74) is 8.45. The van der Waals surface area contributed by atoms with Gasteiger partial charge in [0.15, 0.2) is 11.5 Å². The average molecular weight is 457 g/mol. The van der Waals surface area contributed by atoms with Crippen molar-refractivity contribution < 1.29 is 19.0 Å². The van der Waals surface area contributed by atoms with Crippen molar-refractivity contribution in [1.29, 1.82) is 0 Å². The number of methoxy groups -OCH3 is 3. The van der Waals surface area contributed by atoms with E-state index in [1.807, 2.05) is 24.3 Å². The molecule has 1 fully saturated rings. The van der Waals surface area contributed by atoms with Crippen LogP contribution in [0.5, 0.6) is 17.2 Å². The number of nitrogens with zero attached hydrogens (tertiary/aromatic N) is 1. The first kappa shape index (κ1) is 24.5. The van der Waals surface area contributed by atoms with Crippen LogP contribution in [0.1, 0.15) is 37.0 Å². The lowest BCUT2D eigenvalue weighted by molar-refractivity contribution is 0.100. The molecule has 0 radical (unpaired) electrons. The van der Waals surface area contributed by atoms with Crippen molar-refractivity contribution >= 4 is 23.0 Å². The predicted octanol–water partition coefficient (Wildman–Crippen LogP) is 4.09. The minimum atomic E-state index is -0.450. The number of anilines is 3. The second kappa shape index (κ2) is 11.1. The minimum Gasteiger partial charge on any atom is -0.493 e. The highest BCUT2D eigenvalue weighted by Crippen LogP contribution is 2.40. The fourth-order valence-electron chi connectivity index (χ4n) is 4.27. The number of benzene rings is 2. The first-order valence-electron chi connectivity index (χ1n) is 11.3. The zero-order valence-corrected chi connectivity index (χ0v) is 20.2. The molecule has 1 heterocycles. The maximum absolute atomic E-state index is 12.1. The molecule has 0 aliphatic carbocycles. The van der Waals surface area contributed by atoms with Crippen LogP contribution in [-0.2, 0) is 0 Å². The Morgan fingerprint density at radius 2 is 1.67 bits per heavy atom. The summed E-state index contributed by atoms with van der Waals surface area (Å²) in [4.78, 5) is 14.6. The van der Waals surface area contributed by atoms with E-state index in [1.54, 1.807) is 27.4 Å². The monoisotopic (exact) mass is 456 g/mol. The third kappa shape index (κ3) is 6.22. The average Bonchev–Trinajstić information content (AvgIpc) is 2.79. The van der Waals surface area contributed by atoms with Crippen molar-refractivity contribution in [2.45, 2.75) is 32.7 Å². The van der Waals surface area contributed by atoms with Gasteiger partial charge in [0.05, 0.1) is 26.9 Å². The highest BCUT2D eigenvalue weighted by molar-refractivity contribution is 5.99. The maximum atomic E-state index is 12.1. The van der Waals surface area contributed by atoms with Gasteiger partial charge in [-0.05, 0) is 37.0 Å². The highest BCUT2D eigenvalue weighted by atomic mass is 16.5. The van der Waals surface area contributed by atoms with Crippen molar-refractivity contribution in [1.82, 2.24) is 4.90 Å². The summed E-state index contributed by atoms with van der Waals surface area (Å²) in [6, 6.07) is 9.47. The molecule has 8 heteroatoms. The van der Waals surface area contributed by atoms with Gasteiger partial charge in [-0.1, -0.05) is 13.8 Å². The molecule has 1 aliphatic heterocycles. The Labute approximate surface area is 196 Å². The number of nitrogens with two attached hydrogens (primary N) is 1. The SMILES string of the molecule is COc1cc(Nc2ccc(C(N)=O)c(NC3CCN(CC(C)C)CC3)c2)cc(OC)c1OC. The standard InChI is InChI=1S/C25H36N4O4/c1-16(2)15-29-10-8-17(9-11-29)28-21-12-18(6-7-20(21)25(26)30)27-19-13-22(31-3)24(33-5)23(14-19)32-4/h6-7,12-14,16-17,27-28H,8-11,15H2,1-5H3,(H2,26,30). The molecule has 1 aliphatic rings. The van der Waals surface area contributed by atoms with Crippen LogP contribution in [0.3, 0.4) is 0 Å². The molecule has 4 N–H and O–H groups in total. The normalized spacial score (nSPS) is 14.7. The Bertz CT molecular complexity index is 930. The summed E-state index contributed by atoms with van der Waals surface area (Å²) in [5.74, 6) is 1.85. The number of carbonyl (C=O) groups is 1. The van der Waals surface area contributed by atoms with E-state index in [1.165, 1.54) is 0 Å². The molecule has 1 saturated heterocycles. The zero-order chi connectivity index (χ0) is 24.0. The molecule has 2 aromatic rings. The zero-order valence-electron chi connectivity index (χ0n) is 20.2. The summed E-state index contributed by atoms with van der Waals surface area (Å²) in [6.07, 6.45) is 2.05. The summed E-state index contributed by atoms with van der Waals surface area (Å²) < 4.78 is 16.3. The molecule has 0 bridgehead atoms. The summed E-state index contributed by atoms with van der Waals surface area (Å²) >= 11 is 0. The number of carbonyl (C=O) groups excluding carboxylic acids is 1. The molecule has 0 unspecified atom stereocenters. The van der Waals surface area contributed by atoms with Crippen molar-refractivity contribution in [3.63, 3.8) is 0 Å². The van der Waals surface area contributed by atoms with Crippen LogP contribution in [0.15, 0.2) is 30.3 Å². The van der Waals surface area contributed by atoms with Gasteiger partial charge >= 0.3 is 0 Å². The van der Waals surface area contributed by atoms with E-state index in [0.29, 0.717) is 34.8 Å². The molecule has 0 aromatic heterocycles. The fourth-order valence-corrected chi connectivity index (χ4v) is 4.27. The van der Waals surface area contributed by atoms with E-state index in [4.69, 9.17) is 19.9 Å². The van der Waals surface area contributed by atoms with E-state index in [9.17, 15) is 4.79 Å². The first-order valence-corrected chi connectivity index (χ1v) is 11.3. The largest absolute Gasteiger partial charge is 0.493 e. The Morgan fingerprint density at radius 3 is 2.18 bits per heavy atom. The quantitative estimate of drug-likeness (QED) is 0.495. The van der Waals surface area contributed by atoms with Gasteiger partial charge < -0.3 is 35.5 Å². The Kier molecular flexibility index (Phi) is 8.27. The number of likely N-dealkylation sites (tertiary alicyclic amines) is 1. The molecular weight excluding hydrogens is 420 g/mol. The smallest absolute Gasteiger partial charge is 0.250 e. The lowest BCUT2D eigenvalue weighted by Gasteiger charge is -2.34. The van der Waals surface area contributed by atoms with Crippen molar-refractivity contribution in [2.24, 2.45) is 11.7 Å². The number of hydrogen-bond donors (Lipinski definition) is 3. The third-order valence-corrected chi connectivity index (χ3v) is 5.81. The van der Waals surface area contributed by atoms with Gasteiger partial charge in [0, 0.05) is 54.9 Å². The van der Waals surface area contributed by atoms with Gasteiger partial charge in [-0.25, -0.2) is 0 Å². The van der Waals surface area contributed by atoms with E-state index in [2.05, 4.69) is 29.4 Å². The number of primary amides is 1. The highest BCUT2D eigenvalue weighted by Gasteiger charge is 2.21. The number of amides is 1. The number of piperidine rings is 1. The molecule has 2 aromatic carbocycles. The van der Waals surface area contributed by atoms with E-state index in [-0.39, 0.29) is 0 Å². The third-order valence-electron chi connectivity index (χ3n) is 5.81. The molecule has 180 valence electrons. The lowest BCUT2D eigenvalue weighted by Crippen LogP contribution is -2.40. The lowest BCUT2D eigenvalue weighted by atomic mass is 10.0. The molecule has 0 atom stereocenters. The second-order valence-corrected chi connectivity index (χ2v) is 8.78. The van der Waals surface area contributed by atoms with Crippen molar-refractivity contribution in [2.75, 3.05) is 51.6 Å². The molecule has 3 rings (SSSR count). The van der Waals surface area contributed by atoms with E-state index in [0.717, 1.165) is 49.5 Å². The molecule has 0 saturated carbocycles. The number of ether oxygens (including phenoxy) is 3. The maximum Gasteiger partial charge on any atom is 0.250 e. The summed E-state index contributed by atoms with van der Waals surface area (Å²) in [5, 5.41) is 6.92. The second-order valence-electron chi connectivity index (χ2n) is 8.78. The molecule has 33 heavy (non-hydrogen) atoms. The van der Waals surface area contributed by atoms with Gasteiger partial charge in [-0.15, -0.1) is 0 Å². The van der Waals surface area contributed by atoms with Crippen molar-refractivity contribution in [3.05, 3.63) is 35.9 Å². The molecular formula is C25H36N4O4. The Hall–Kier alpha value is -3.13. The van der Waals surface area contributed by atoms with E-state index < -0.39 is 5.91 Å². The van der Waals surface area contributed by atoms with Crippen LogP contribution < -0.4 is 30.6 Å². The van der Waals surface area contributed by atoms with Crippen LogP contribution >= 0.6 is 0 Å². The number of rotatable bonds is 10. The van der Waals surface area contributed by atoms with Gasteiger partial charge in [0.2, 0.25) is 5.75 Å². The molecule has 8 nitrogen and oxygen atoms in total. The van der Waals surface area contributed by atoms with Crippen LogP contribution in [-0.4, -0.2) is 57.8 Å². The Balaban J connectivity index is 1.79. The van der Waals surface area contributed by atoms with Crippen LogP contribution in [0, 0.1) is 5.92 Å². The first-order chi connectivity index (χ1) is 15.8.